The maximum atomic E-state index is 4.64. The average molecular weight is 95.5 g/mol. The molecule has 3 heteroatoms. The fourth-order valence-corrected chi connectivity index (χ4v) is 0. The molecule has 0 atom stereocenters. The lowest BCUT2D eigenvalue weighted by molar-refractivity contribution is 2.00. The van der Waals surface area contributed by atoms with E-state index in [0.29, 0.717) is 0 Å². The van der Waals surface area contributed by atoms with Gasteiger partial charge < -0.3 is 4.72 Å². The second kappa shape index (κ2) is 47.8. The molecule has 0 saturated heterocycles. The molecule has 26 valence electrons. The minimum Gasteiger partial charge on any atom is -0.418 e. The highest BCUT2D eigenvalue weighted by Crippen LogP contribution is 1.34. The van der Waals surface area contributed by atoms with E-state index in [0.717, 1.165) is 16.5 Å². The van der Waals surface area contributed by atoms with Crippen molar-refractivity contribution in [1.82, 2.24) is 0 Å². The van der Waals surface area contributed by atoms with Crippen LogP contribution in [0, 0.1) is 0 Å². The zero-order valence-electron chi connectivity index (χ0n) is 2.96. The summed E-state index contributed by atoms with van der Waals surface area (Å²) >= 11 is 5.44. The molecule has 0 aromatic heterocycles. The standard InChI is InChI=1S/CH3Cl.Al.H2N.2H/c1-2;;;;/h1H3;;1H2;;/q;+1;-1;;. The molecule has 0 heterocycles. The van der Waals surface area contributed by atoms with Crippen LogP contribution >= 0.6 is 11.6 Å². The Kier molecular flexibility index (Phi) is 106. The first-order valence-corrected chi connectivity index (χ1v) is 2.87. The van der Waals surface area contributed by atoms with Crippen LogP contribution in [0.4, 0.5) is 0 Å². The summed E-state index contributed by atoms with van der Waals surface area (Å²) in [5.41, 5.74) is 0. The Morgan fingerprint density at radius 2 is 1.50 bits per heavy atom. The largest absolute Gasteiger partial charge is 0.418 e. The van der Waals surface area contributed by atoms with E-state index in [2.05, 4.69) is 16.3 Å². The van der Waals surface area contributed by atoms with Crippen molar-refractivity contribution < 1.29 is 0 Å². The van der Waals surface area contributed by atoms with E-state index in [4.69, 9.17) is 0 Å². The lowest BCUT2D eigenvalue weighted by Crippen LogP contribution is -1.75. The molecule has 4 heavy (non-hydrogen) atoms. The lowest BCUT2D eigenvalue weighted by atomic mass is 12.0. The van der Waals surface area contributed by atoms with Crippen molar-refractivity contribution in [3.05, 3.63) is 0 Å². The molecule has 2 N–H and O–H groups in total. The van der Waals surface area contributed by atoms with E-state index < -0.39 is 0 Å². The van der Waals surface area contributed by atoms with E-state index in [-0.39, 0.29) is 0 Å². The van der Waals surface area contributed by atoms with E-state index in [1.807, 2.05) is 0 Å². The summed E-state index contributed by atoms with van der Waals surface area (Å²) in [6.07, 6.45) is 1.47. The summed E-state index contributed by atoms with van der Waals surface area (Å²) in [5, 5.41) is 0. The number of nitrogens with two attached hydrogens (primary N) is 1. The molecular weight excluding hydrogens is 88.5 g/mol. The summed E-state index contributed by atoms with van der Waals surface area (Å²) in [7, 11) is 0. The molecule has 0 aliphatic carbocycles. The molecule has 0 radical (unpaired) electrons. The third kappa shape index (κ3) is 14.4. The minimum atomic E-state index is 0.806. The van der Waals surface area contributed by atoms with Crippen LogP contribution in [0.2, 0.25) is 0 Å². The molecule has 0 unspecified atom stereocenters. The van der Waals surface area contributed by atoms with Crippen molar-refractivity contribution >= 4 is 28.1 Å². The number of rotatable bonds is 0. The molecular formula is CH7AlClN. The van der Waals surface area contributed by atoms with Crippen LogP contribution in [0.25, 0.3) is 0 Å². The van der Waals surface area contributed by atoms with Gasteiger partial charge >= 0.3 is 16.5 Å². The number of hydrogen-bond donors (Lipinski definition) is 1. The molecule has 0 aliphatic rings. The van der Waals surface area contributed by atoms with Crippen LogP contribution in [-0.4, -0.2) is 22.9 Å². The Morgan fingerprint density at radius 1 is 1.50 bits per heavy atom. The zero-order valence-corrected chi connectivity index (χ0v) is 5.71. The fourth-order valence-electron chi connectivity index (χ4n) is 0. The molecule has 0 aliphatic heterocycles. The molecule has 0 bridgehead atoms. The molecule has 0 spiro atoms. The second-order valence-electron chi connectivity index (χ2n) is 0. The first kappa shape index (κ1) is 8.84. The number of halogens is 1. The van der Waals surface area contributed by atoms with Crippen LogP contribution in [0.1, 0.15) is 0 Å². The quantitative estimate of drug-likeness (QED) is 0.314. The maximum Gasteiger partial charge on any atom is 0.316 e. The zero-order chi connectivity index (χ0) is 4.00. The molecule has 0 aromatic rings. The van der Waals surface area contributed by atoms with E-state index in [1.165, 1.54) is 6.38 Å². The monoisotopic (exact) mass is 95.0 g/mol. The van der Waals surface area contributed by atoms with Crippen LogP contribution in [0.3, 0.4) is 0 Å². The summed E-state index contributed by atoms with van der Waals surface area (Å²) in [5.74, 6) is 0. The Bertz CT molecular complexity index is 8.00. The topological polar surface area (TPSA) is 26.0 Å². The van der Waals surface area contributed by atoms with Gasteiger partial charge in [0.05, 0.1) is 0 Å². The summed E-state index contributed by atoms with van der Waals surface area (Å²) in [6, 6.07) is 0. The van der Waals surface area contributed by atoms with Crippen LogP contribution in [-0.2, 0) is 0 Å². The summed E-state index contributed by atoms with van der Waals surface area (Å²) < 4.78 is 4.64. The smallest absolute Gasteiger partial charge is 0.316 e. The maximum absolute atomic E-state index is 4.64. The predicted octanol–water partition coefficient (Wildman–Crippen LogP) is -0.652. The number of alkyl halides is 1. The second-order valence-corrected chi connectivity index (χ2v) is 0. The first-order valence-electron chi connectivity index (χ1n) is 0.955. The van der Waals surface area contributed by atoms with Gasteiger partial charge in [0.25, 0.3) is 0 Å². The van der Waals surface area contributed by atoms with Gasteiger partial charge in [0.15, 0.2) is 0 Å². The third-order valence-corrected chi connectivity index (χ3v) is 0. The van der Waals surface area contributed by atoms with Crippen LogP contribution in [0.15, 0.2) is 0 Å². The van der Waals surface area contributed by atoms with E-state index in [1.54, 1.807) is 0 Å². The Morgan fingerprint density at radius 3 is 1.50 bits per heavy atom. The van der Waals surface area contributed by atoms with E-state index >= 15 is 0 Å². The van der Waals surface area contributed by atoms with Crippen molar-refractivity contribution in [1.29, 1.82) is 0 Å². The predicted molar refractivity (Wildman–Crippen MR) is 24.5 cm³/mol. The van der Waals surface area contributed by atoms with Crippen molar-refractivity contribution in [2.45, 2.75) is 0 Å². The fraction of sp³-hybridized carbons (Fsp3) is 1.00. The Balaban J connectivity index is 0. The van der Waals surface area contributed by atoms with Gasteiger partial charge in [-0.25, -0.2) is 0 Å². The van der Waals surface area contributed by atoms with Gasteiger partial charge in [-0.2, -0.15) is 0 Å². The van der Waals surface area contributed by atoms with Gasteiger partial charge in [-0.3, -0.25) is 0 Å². The molecule has 0 rings (SSSR count). The SMILES string of the molecule is CCl.[NH2][AlH2]. The van der Waals surface area contributed by atoms with Crippen molar-refractivity contribution in [2.24, 2.45) is 4.72 Å². The van der Waals surface area contributed by atoms with Gasteiger partial charge in [-0.1, -0.05) is 0 Å². The highest BCUT2D eigenvalue weighted by Gasteiger charge is 1.01. The van der Waals surface area contributed by atoms with Crippen LogP contribution in [0.5, 0.6) is 0 Å². The molecule has 0 amide bonds. The van der Waals surface area contributed by atoms with Crippen molar-refractivity contribution in [3.8, 4) is 0 Å². The van der Waals surface area contributed by atoms with Crippen LogP contribution < -0.4 is 4.72 Å². The molecule has 0 aromatic carbocycles. The molecule has 0 fully saturated rings. The van der Waals surface area contributed by atoms with Gasteiger partial charge in [-0.05, 0) is 0 Å². The summed E-state index contributed by atoms with van der Waals surface area (Å²) in [6.45, 7) is 0. The minimum absolute atomic E-state index is 0.806. The van der Waals surface area contributed by atoms with Gasteiger partial charge in [0.1, 0.15) is 0 Å². The van der Waals surface area contributed by atoms with Crippen molar-refractivity contribution in [3.63, 3.8) is 0 Å². The Labute approximate surface area is 39.8 Å². The van der Waals surface area contributed by atoms with Gasteiger partial charge in [0.2, 0.25) is 0 Å². The Hall–Kier alpha value is 0.782. The molecule has 0 saturated carbocycles. The number of hydrogen-bond acceptors (Lipinski definition) is 1. The van der Waals surface area contributed by atoms with E-state index in [9.17, 15) is 0 Å². The highest BCUT2D eigenvalue weighted by atomic mass is 35.5. The third-order valence-electron chi connectivity index (χ3n) is 0. The van der Waals surface area contributed by atoms with Crippen molar-refractivity contribution in [2.75, 3.05) is 6.38 Å². The summed E-state index contributed by atoms with van der Waals surface area (Å²) in [4.78, 5) is 0. The lowest BCUT2D eigenvalue weighted by Gasteiger charge is -1.12. The molecule has 1 nitrogen and oxygen atoms in total. The average Bonchev–Trinajstić information content (AvgIpc) is 1.50. The van der Waals surface area contributed by atoms with Gasteiger partial charge in [0, 0.05) is 6.38 Å². The highest BCUT2D eigenvalue weighted by molar-refractivity contribution is 6.15. The van der Waals surface area contributed by atoms with Gasteiger partial charge in [-0.15, -0.1) is 11.6 Å². The first-order chi connectivity index (χ1) is 2.00. The normalized spacial score (nSPS) is 2.75.